The normalized spacial score (nSPS) is 12.8. The van der Waals surface area contributed by atoms with E-state index in [1.807, 2.05) is 0 Å². The molecule has 6 heteroatoms. The number of halogens is 2. The Morgan fingerprint density at radius 2 is 2.05 bits per heavy atom. The molecule has 0 heterocycles. The molecule has 1 amide bonds. The monoisotopic (exact) mass is 329 g/mol. The van der Waals surface area contributed by atoms with Gasteiger partial charge in [-0.1, -0.05) is 31.5 Å². The molecule has 0 aliphatic heterocycles. The Morgan fingerprint density at radius 3 is 2.59 bits per heavy atom. The molecule has 0 saturated carbocycles. The van der Waals surface area contributed by atoms with E-state index in [1.165, 1.54) is 19.1 Å². The van der Waals surface area contributed by atoms with Crippen molar-refractivity contribution in [3.05, 3.63) is 34.6 Å². The highest BCUT2D eigenvalue weighted by Crippen LogP contribution is 2.24. The summed E-state index contributed by atoms with van der Waals surface area (Å²) in [5.41, 5.74) is -0.375. The van der Waals surface area contributed by atoms with Crippen LogP contribution in [0.5, 0.6) is 0 Å². The molecular weight excluding hydrogens is 309 g/mol. The average Bonchev–Trinajstić information content (AvgIpc) is 2.45. The lowest BCUT2D eigenvalue weighted by molar-refractivity contribution is -0.130. The van der Waals surface area contributed by atoms with Crippen LogP contribution in [0.25, 0.3) is 0 Å². The Kier molecular flexibility index (Phi) is 6.50. The SMILES string of the molecule is CC(=O)CCC(C)(C)C(=O)NCC(O)c1ccc(Cl)c(F)c1. The number of carbonyl (C=O) groups is 2. The van der Waals surface area contributed by atoms with Crippen molar-refractivity contribution in [1.82, 2.24) is 5.32 Å². The molecule has 0 bridgehead atoms. The van der Waals surface area contributed by atoms with Crippen LogP contribution in [0.1, 0.15) is 45.3 Å². The van der Waals surface area contributed by atoms with Gasteiger partial charge in [0.1, 0.15) is 11.6 Å². The van der Waals surface area contributed by atoms with Crippen LogP contribution >= 0.6 is 11.6 Å². The van der Waals surface area contributed by atoms with Gasteiger partial charge in [0.05, 0.1) is 11.1 Å². The third-order valence-corrected chi connectivity index (χ3v) is 3.81. The van der Waals surface area contributed by atoms with Crippen molar-refractivity contribution in [2.24, 2.45) is 5.41 Å². The molecule has 0 fully saturated rings. The molecule has 1 unspecified atom stereocenters. The van der Waals surface area contributed by atoms with E-state index in [1.54, 1.807) is 13.8 Å². The third kappa shape index (κ3) is 5.39. The number of aliphatic hydroxyl groups excluding tert-OH is 1. The second kappa shape index (κ2) is 7.70. The number of hydrogen-bond acceptors (Lipinski definition) is 3. The van der Waals surface area contributed by atoms with Crippen molar-refractivity contribution in [2.75, 3.05) is 6.54 Å². The topological polar surface area (TPSA) is 66.4 Å². The zero-order valence-corrected chi connectivity index (χ0v) is 13.7. The van der Waals surface area contributed by atoms with Crippen molar-refractivity contribution in [2.45, 2.75) is 39.7 Å². The van der Waals surface area contributed by atoms with Crippen LogP contribution in [0, 0.1) is 11.2 Å². The fourth-order valence-electron chi connectivity index (χ4n) is 1.87. The molecule has 0 spiro atoms. The van der Waals surface area contributed by atoms with Gasteiger partial charge in [0.15, 0.2) is 0 Å². The fraction of sp³-hybridized carbons (Fsp3) is 0.500. The van der Waals surface area contributed by atoms with Crippen molar-refractivity contribution >= 4 is 23.3 Å². The summed E-state index contributed by atoms with van der Waals surface area (Å²) in [5.74, 6) is -0.855. The smallest absolute Gasteiger partial charge is 0.225 e. The number of ketones is 1. The quantitative estimate of drug-likeness (QED) is 0.808. The maximum absolute atomic E-state index is 13.3. The van der Waals surface area contributed by atoms with E-state index in [2.05, 4.69) is 5.32 Å². The number of nitrogens with one attached hydrogen (secondary N) is 1. The molecule has 1 rings (SSSR count). The number of hydrogen-bond donors (Lipinski definition) is 2. The first-order valence-corrected chi connectivity index (χ1v) is 7.42. The van der Waals surface area contributed by atoms with Gasteiger partial charge in [-0.15, -0.1) is 0 Å². The number of rotatable bonds is 7. The van der Waals surface area contributed by atoms with Crippen LogP contribution in [0.15, 0.2) is 18.2 Å². The summed E-state index contributed by atoms with van der Waals surface area (Å²) in [6.07, 6.45) is -0.273. The highest BCUT2D eigenvalue weighted by Gasteiger charge is 2.28. The predicted octanol–water partition coefficient (Wildman–Crippen LogP) is 3.02. The summed E-state index contributed by atoms with van der Waals surface area (Å²) >= 11 is 5.58. The minimum absolute atomic E-state index is 0.0228. The zero-order chi connectivity index (χ0) is 16.9. The number of carbonyl (C=O) groups excluding carboxylic acids is 2. The first kappa shape index (κ1) is 18.6. The molecule has 22 heavy (non-hydrogen) atoms. The van der Waals surface area contributed by atoms with Crippen molar-refractivity contribution in [1.29, 1.82) is 0 Å². The van der Waals surface area contributed by atoms with Gasteiger partial charge in [-0.2, -0.15) is 0 Å². The van der Waals surface area contributed by atoms with E-state index in [9.17, 15) is 19.1 Å². The van der Waals surface area contributed by atoms with Gasteiger partial charge in [0, 0.05) is 18.4 Å². The Labute approximate surface area is 134 Å². The minimum atomic E-state index is -1.03. The van der Waals surface area contributed by atoms with Crippen LogP contribution in [0.4, 0.5) is 4.39 Å². The van der Waals surface area contributed by atoms with E-state index >= 15 is 0 Å². The molecule has 0 aliphatic carbocycles. The van der Waals surface area contributed by atoms with E-state index in [0.717, 1.165) is 6.07 Å². The van der Waals surface area contributed by atoms with Gasteiger partial charge in [-0.05, 0) is 31.0 Å². The van der Waals surface area contributed by atoms with Crippen molar-refractivity contribution < 1.29 is 19.1 Å². The van der Waals surface area contributed by atoms with Crippen LogP contribution in [-0.2, 0) is 9.59 Å². The van der Waals surface area contributed by atoms with Crippen molar-refractivity contribution in [3.63, 3.8) is 0 Å². The largest absolute Gasteiger partial charge is 0.387 e. The van der Waals surface area contributed by atoms with Gasteiger partial charge in [-0.3, -0.25) is 4.79 Å². The highest BCUT2D eigenvalue weighted by atomic mass is 35.5. The lowest BCUT2D eigenvalue weighted by Crippen LogP contribution is -2.39. The summed E-state index contributed by atoms with van der Waals surface area (Å²) in [5, 5.41) is 12.6. The number of aliphatic hydroxyl groups is 1. The maximum Gasteiger partial charge on any atom is 0.225 e. The predicted molar refractivity (Wildman–Crippen MR) is 83.1 cm³/mol. The Morgan fingerprint density at radius 1 is 1.41 bits per heavy atom. The first-order valence-electron chi connectivity index (χ1n) is 7.04. The van der Waals surface area contributed by atoms with Gasteiger partial charge < -0.3 is 15.2 Å². The second-order valence-electron chi connectivity index (χ2n) is 5.99. The summed E-state index contributed by atoms with van der Waals surface area (Å²) in [6, 6.07) is 4.00. The molecule has 4 nitrogen and oxygen atoms in total. The summed E-state index contributed by atoms with van der Waals surface area (Å²) in [7, 11) is 0. The first-order chi connectivity index (χ1) is 10.1. The van der Waals surface area contributed by atoms with Crippen molar-refractivity contribution in [3.8, 4) is 0 Å². The van der Waals surface area contributed by atoms with Crippen LogP contribution in [0.3, 0.4) is 0 Å². The summed E-state index contributed by atoms with van der Waals surface area (Å²) in [4.78, 5) is 23.1. The fourth-order valence-corrected chi connectivity index (χ4v) is 1.99. The zero-order valence-electron chi connectivity index (χ0n) is 13.0. The maximum atomic E-state index is 13.3. The molecular formula is C16H21ClFNO3. The minimum Gasteiger partial charge on any atom is -0.387 e. The van der Waals surface area contributed by atoms with Gasteiger partial charge >= 0.3 is 0 Å². The van der Waals surface area contributed by atoms with Crippen LogP contribution < -0.4 is 5.32 Å². The number of Topliss-reactive ketones (excluding diaryl/α,β-unsaturated/α-hetero) is 1. The van der Waals surface area contributed by atoms with E-state index in [4.69, 9.17) is 11.6 Å². The second-order valence-corrected chi connectivity index (χ2v) is 6.39. The summed E-state index contributed by atoms with van der Waals surface area (Å²) in [6.45, 7) is 4.91. The third-order valence-electron chi connectivity index (χ3n) is 3.50. The Hall–Kier alpha value is -1.46. The summed E-state index contributed by atoms with van der Waals surface area (Å²) < 4.78 is 13.3. The van der Waals surface area contributed by atoms with Gasteiger partial charge in [0.2, 0.25) is 5.91 Å². The molecule has 1 atom stereocenters. The van der Waals surface area contributed by atoms with E-state index in [0.29, 0.717) is 18.4 Å². The molecule has 0 aliphatic rings. The Bertz CT molecular complexity index is 560. The van der Waals surface area contributed by atoms with E-state index < -0.39 is 17.3 Å². The molecule has 1 aromatic rings. The standard InChI is InChI=1S/C16H21ClFNO3/c1-10(20)6-7-16(2,3)15(22)19-9-14(21)11-4-5-12(17)13(18)8-11/h4-5,8,14,21H,6-7,9H2,1-3H3,(H,19,22). The molecule has 2 N–H and O–H groups in total. The van der Waals surface area contributed by atoms with E-state index in [-0.39, 0.29) is 23.3 Å². The average molecular weight is 330 g/mol. The van der Waals surface area contributed by atoms with Crippen LogP contribution in [0.2, 0.25) is 5.02 Å². The molecule has 0 radical (unpaired) electrons. The molecule has 0 aromatic heterocycles. The highest BCUT2D eigenvalue weighted by molar-refractivity contribution is 6.30. The Balaban J connectivity index is 2.58. The van der Waals surface area contributed by atoms with Crippen LogP contribution in [-0.4, -0.2) is 23.3 Å². The number of benzene rings is 1. The number of amides is 1. The molecule has 1 aromatic carbocycles. The van der Waals surface area contributed by atoms with Gasteiger partial charge in [-0.25, -0.2) is 4.39 Å². The van der Waals surface area contributed by atoms with Gasteiger partial charge in [0.25, 0.3) is 0 Å². The molecule has 122 valence electrons. The molecule has 0 saturated heterocycles. The lowest BCUT2D eigenvalue weighted by Gasteiger charge is -2.24. The lowest BCUT2D eigenvalue weighted by atomic mass is 9.86.